The van der Waals surface area contributed by atoms with E-state index in [-0.39, 0.29) is 23.4 Å². The van der Waals surface area contributed by atoms with Gasteiger partial charge in [0.1, 0.15) is 6.07 Å². The predicted octanol–water partition coefficient (Wildman–Crippen LogP) is 1.97. The van der Waals surface area contributed by atoms with Crippen molar-refractivity contribution in [2.24, 2.45) is 0 Å². The van der Waals surface area contributed by atoms with Crippen molar-refractivity contribution in [2.75, 3.05) is 35.2 Å². The largest absolute Gasteiger partial charge is 0.504 e. The van der Waals surface area contributed by atoms with Gasteiger partial charge in [-0.2, -0.15) is 25.3 Å². The Labute approximate surface area is 201 Å². The number of phenols is 1. The Morgan fingerprint density at radius 2 is 1.86 bits per heavy atom. The molecule has 1 aliphatic heterocycles. The summed E-state index contributed by atoms with van der Waals surface area (Å²) in [5, 5.41) is 52.9. The van der Waals surface area contributed by atoms with Gasteiger partial charge in [-0.25, -0.2) is 4.98 Å². The summed E-state index contributed by atoms with van der Waals surface area (Å²) in [5.41, 5.74) is 1.92. The van der Waals surface area contributed by atoms with Crippen molar-refractivity contribution >= 4 is 28.8 Å². The normalized spacial score (nSPS) is 15.9. The van der Waals surface area contributed by atoms with Crippen molar-refractivity contribution in [1.29, 1.82) is 15.8 Å². The van der Waals surface area contributed by atoms with E-state index in [0.29, 0.717) is 54.1 Å². The molecule has 1 aromatic carbocycles. The van der Waals surface area contributed by atoms with Crippen molar-refractivity contribution in [3.63, 3.8) is 0 Å². The summed E-state index contributed by atoms with van der Waals surface area (Å²) in [5.74, 6) is 0.638. The SMILES string of the molecule is N#CCNC1CCN(c2cc(C#N)cc(Nc3nc(NC4CC4)c4ncc(C#N)n4n3)c2O)CC1. The number of piperidine rings is 1. The lowest BCUT2D eigenvalue weighted by Gasteiger charge is -2.34. The Kier molecular flexibility index (Phi) is 5.92. The van der Waals surface area contributed by atoms with Crippen LogP contribution >= 0.6 is 0 Å². The van der Waals surface area contributed by atoms with Crippen molar-refractivity contribution in [3.05, 3.63) is 29.6 Å². The fourth-order valence-corrected chi connectivity index (χ4v) is 4.18. The van der Waals surface area contributed by atoms with Gasteiger partial charge in [-0.1, -0.05) is 0 Å². The molecule has 1 saturated carbocycles. The Balaban J connectivity index is 1.45. The van der Waals surface area contributed by atoms with Gasteiger partial charge in [-0.3, -0.25) is 0 Å². The van der Waals surface area contributed by atoms with Gasteiger partial charge in [0.15, 0.2) is 22.9 Å². The van der Waals surface area contributed by atoms with E-state index >= 15 is 0 Å². The summed E-state index contributed by atoms with van der Waals surface area (Å²) < 4.78 is 1.41. The number of nitriles is 3. The highest BCUT2D eigenvalue weighted by molar-refractivity contribution is 5.77. The molecule has 3 heterocycles. The Hall–Kier alpha value is -4.60. The van der Waals surface area contributed by atoms with Crippen molar-refractivity contribution in [3.8, 4) is 24.0 Å². The third-order valence-electron chi connectivity index (χ3n) is 6.17. The highest BCUT2D eigenvalue weighted by Gasteiger charge is 2.25. The molecule has 1 saturated heterocycles. The second-order valence-electron chi connectivity index (χ2n) is 8.62. The lowest BCUT2D eigenvalue weighted by Crippen LogP contribution is -2.42. The Morgan fingerprint density at radius 3 is 2.54 bits per heavy atom. The van der Waals surface area contributed by atoms with Gasteiger partial charge in [-0.05, 0) is 37.8 Å². The van der Waals surface area contributed by atoms with E-state index in [9.17, 15) is 15.6 Å². The molecule has 2 aliphatic rings. The highest BCUT2D eigenvalue weighted by Crippen LogP contribution is 2.39. The zero-order chi connectivity index (χ0) is 24.4. The molecule has 0 radical (unpaired) electrons. The van der Waals surface area contributed by atoms with Crippen molar-refractivity contribution in [2.45, 2.75) is 37.8 Å². The first kappa shape index (κ1) is 22.2. The molecule has 3 aromatic rings. The third-order valence-corrected chi connectivity index (χ3v) is 6.17. The lowest BCUT2D eigenvalue weighted by atomic mass is 10.0. The maximum Gasteiger partial charge on any atom is 0.247 e. The summed E-state index contributed by atoms with van der Waals surface area (Å²) in [4.78, 5) is 10.8. The molecule has 0 amide bonds. The second kappa shape index (κ2) is 9.34. The van der Waals surface area contributed by atoms with E-state index in [0.717, 1.165) is 25.7 Å². The number of aromatic nitrogens is 4. The quantitative estimate of drug-likeness (QED) is 0.294. The number of aromatic hydroxyl groups is 1. The highest BCUT2D eigenvalue weighted by atomic mass is 16.3. The first-order valence-electron chi connectivity index (χ1n) is 11.4. The van der Waals surface area contributed by atoms with Gasteiger partial charge in [0, 0.05) is 25.2 Å². The first-order chi connectivity index (χ1) is 17.1. The molecule has 4 N–H and O–H groups in total. The van der Waals surface area contributed by atoms with Crippen molar-refractivity contribution in [1.82, 2.24) is 24.9 Å². The van der Waals surface area contributed by atoms with Gasteiger partial charge in [-0.15, -0.1) is 5.10 Å². The smallest absolute Gasteiger partial charge is 0.247 e. The predicted molar refractivity (Wildman–Crippen MR) is 127 cm³/mol. The van der Waals surface area contributed by atoms with Gasteiger partial charge in [0.25, 0.3) is 0 Å². The number of nitrogens with zero attached hydrogens (tertiary/aromatic N) is 8. The van der Waals surface area contributed by atoms with E-state index < -0.39 is 0 Å². The van der Waals surface area contributed by atoms with Gasteiger partial charge in [0.2, 0.25) is 5.95 Å². The zero-order valence-corrected chi connectivity index (χ0v) is 18.9. The molecule has 12 nitrogen and oxygen atoms in total. The van der Waals surface area contributed by atoms with Gasteiger partial charge < -0.3 is 26.0 Å². The average Bonchev–Trinajstić information content (AvgIpc) is 3.60. The van der Waals surface area contributed by atoms with Crippen molar-refractivity contribution < 1.29 is 5.11 Å². The minimum absolute atomic E-state index is 0.0148. The number of phenolic OH excluding ortho intramolecular Hbond substituents is 1. The van der Waals surface area contributed by atoms with Crippen LogP contribution in [0.4, 0.5) is 23.1 Å². The minimum atomic E-state index is -0.0148. The molecule has 2 aromatic heterocycles. The first-order valence-corrected chi connectivity index (χ1v) is 11.4. The fourth-order valence-electron chi connectivity index (χ4n) is 4.18. The third kappa shape index (κ3) is 4.58. The molecular weight excluding hydrogens is 446 g/mol. The molecule has 2 fully saturated rings. The van der Waals surface area contributed by atoms with Gasteiger partial charge in [0.05, 0.1) is 41.8 Å². The minimum Gasteiger partial charge on any atom is -0.504 e. The van der Waals surface area contributed by atoms with Crippen LogP contribution in [0, 0.1) is 34.0 Å². The molecule has 35 heavy (non-hydrogen) atoms. The summed E-state index contributed by atoms with van der Waals surface area (Å²) in [6, 6.07) is 10.1. The van der Waals surface area contributed by atoms with E-state index in [1.54, 1.807) is 12.1 Å². The lowest BCUT2D eigenvalue weighted by molar-refractivity contribution is 0.424. The number of benzene rings is 1. The van der Waals surface area contributed by atoms with Crippen LogP contribution in [0.2, 0.25) is 0 Å². The van der Waals surface area contributed by atoms with Gasteiger partial charge >= 0.3 is 0 Å². The Morgan fingerprint density at radius 1 is 1.06 bits per heavy atom. The van der Waals surface area contributed by atoms with Crippen LogP contribution in [0.15, 0.2) is 18.3 Å². The molecule has 12 heteroatoms. The summed E-state index contributed by atoms with van der Waals surface area (Å²) >= 11 is 0. The molecule has 176 valence electrons. The maximum atomic E-state index is 11.1. The fraction of sp³-hybridized carbons (Fsp3) is 0.391. The average molecular weight is 470 g/mol. The maximum absolute atomic E-state index is 11.1. The second-order valence-corrected chi connectivity index (χ2v) is 8.62. The van der Waals surface area contributed by atoms with E-state index in [1.165, 1.54) is 10.7 Å². The summed E-state index contributed by atoms with van der Waals surface area (Å²) in [7, 11) is 0. The number of fused-ring (bicyclic) bond motifs is 1. The number of hydrogen-bond acceptors (Lipinski definition) is 11. The summed E-state index contributed by atoms with van der Waals surface area (Å²) in [6.45, 7) is 1.65. The zero-order valence-electron chi connectivity index (χ0n) is 18.9. The number of imidazole rings is 1. The number of anilines is 4. The van der Waals surface area contributed by atoms with Crippen LogP contribution in [-0.2, 0) is 0 Å². The van der Waals surface area contributed by atoms with E-state index in [1.807, 2.05) is 4.90 Å². The molecular formula is C23H23N11O. The van der Waals surface area contributed by atoms with Crippen LogP contribution in [0.25, 0.3) is 5.65 Å². The summed E-state index contributed by atoms with van der Waals surface area (Å²) in [6.07, 6.45) is 5.12. The Bertz CT molecular complexity index is 1380. The van der Waals surface area contributed by atoms with Crippen LogP contribution in [0.3, 0.4) is 0 Å². The van der Waals surface area contributed by atoms with Crippen LogP contribution in [0.5, 0.6) is 5.75 Å². The van der Waals surface area contributed by atoms with E-state index in [2.05, 4.69) is 49.2 Å². The molecule has 1 aliphatic carbocycles. The number of hydrogen-bond donors (Lipinski definition) is 4. The van der Waals surface area contributed by atoms with Crippen LogP contribution < -0.4 is 20.9 Å². The molecule has 5 rings (SSSR count). The molecule has 0 unspecified atom stereocenters. The van der Waals surface area contributed by atoms with Crippen LogP contribution in [0.1, 0.15) is 36.9 Å². The standard InChI is InChI=1S/C23H23N11O/c24-5-6-27-15-3-7-33(8-4-15)19-10-14(11-25)9-18(20(19)35)30-23-31-21(29-16-1-2-16)22-28-13-17(12-26)34(22)32-23/h9-10,13,15-16,27,35H,1-4,6-8H2,(H2,29,30,31,32). The molecule has 0 atom stereocenters. The molecule has 0 bridgehead atoms. The topological polar surface area (TPSA) is 174 Å². The number of rotatable bonds is 7. The molecule has 0 spiro atoms. The number of nitrogens with one attached hydrogen (secondary N) is 3. The monoisotopic (exact) mass is 469 g/mol. The van der Waals surface area contributed by atoms with Crippen LogP contribution in [-0.4, -0.2) is 56.4 Å². The van der Waals surface area contributed by atoms with E-state index in [4.69, 9.17) is 5.26 Å².